The van der Waals surface area contributed by atoms with Crippen LogP contribution in [0.2, 0.25) is 0 Å². The zero-order valence-electron chi connectivity index (χ0n) is 19.5. The van der Waals surface area contributed by atoms with Crippen molar-refractivity contribution in [2.24, 2.45) is 0 Å². The van der Waals surface area contributed by atoms with Crippen molar-refractivity contribution in [3.05, 3.63) is 71.8 Å². The average molecular weight is 440 g/mol. The number of para-hydroxylation sites is 1. The predicted octanol–water partition coefficient (Wildman–Crippen LogP) is 4.78. The standard InChI is InChI=1S/C27H37NO4/c1-21(10-6-4-9-13-27(30)31-3)24-16-14-23(15-17-24)18-22(2)28-19-25(29)20-32-26-11-7-5-8-12-26/h5,7-8,10-12,14-17,22,25,28-29H,4,6,9,13,18-20H2,1-3H3/b21-10-/t22-,25+/m1/s1. The highest BCUT2D eigenvalue weighted by Gasteiger charge is 2.09. The highest BCUT2D eigenvalue weighted by atomic mass is 16.5. The van der Waals surface area contributed by atoms with E-state index in [9.17, 15) is 9.90 Å². The van der Waals surface area contributed by atoms with Gasteiger partial charge in [-0.25, -0.2) is 0 Å². The number of aliphatic hydroxyl groups is 1. The van der Waals surface area contributed by atoms with Gasteiger partial charge in [-0.3, -0.25) is 4.79 Å². The highest BCUT2D eigenvalue weighted by molar-refractivity contribution is 5.69. The van der Waals surface area contributed by atoms with Crippen molar-refractivity contribution >= 4 is 11.5 Å². The molecule has 0 fully saturated rings. The first-order valence-corrected chi connectivity index (χ1v) is 11.4. The molecule has 0 amide bonds. The third kappa shape index (κ3) is 10.1. The zero-order valence-corrected chi connectivity index (χ0v) is 19.5. The van der Waals surface area contributed by atoms with Gasteiger partial charge < -0.3 is 19.9 Å². The third-order valence-electron chi connectivity index (χ3n) is 5.35. The Balaban J connectivity index is 1.68. The number of rotatable bonds is 14. The van der Waals surface area contributed by atoms with E-state index in [2.05, 4.69) is 54.2 Å². The Morgan fingerprint density at radius 3 is 2.50 bits per heavy atom. The molecule has 0 aliphatic heterocycles. The van der Waals surface area contributed by atoms with E-state index in [0.29, 0.717) is 13.0 Å². The SMILES string of the molecule is COC(=O)CCCC/C=C(/C)c1ccc(C[C@@H](C)NC[C@H](O)COc2ccccc2)cc1. The molecule has 0 bridgehead atoms. The van der Waals surface area contributed by atoms with Gasteiger partial charge in [-0.1, -0.05) is 48.5 Å². The quantitative estimate of drug-likeness (QED) is 0.327. The van der Waals surface area contributed by atoms with Crippen molar-refractivity contribution in [3.8, 4) is 5.75 Å². The second-order valence-electron chi connectivity index (χ2n) is 8.20. The zero-order chi connectivity index (χ0) is 23.2. The molecule has 0 saturated heterocycles. The molecule has 5 heteroatoms. The van der Waals surface area contributed by atoms with Crippen LogP contribution in [-0.4, -0.2) is 43.5 Å². The van der Waals surface area contributed by atoms with Crippen molar-refractivity contribution < 1.29 is 19.4 Å². The molecule has 0 heterocycles. The fourth-order valence-corrected chi connectivity index (χ4v) is 3.39. The molecule has 2 aromatic carbocycles. The Morgan fingerprint density at radius 1 is 1.09 bits per heavy atom. The molecule has 174 valence electrons. The summed E-state index contributed by atoms with van der Waals surface area (Å²) in [5.74, 6) is 0.630. The molecule has 0 aromatic heterocycles. The summed E-state index contributed by atoms with van der Waals surface area (Å²) in [6.45, 7) is 5.01. The van der Waals surface area contributed by atoms with Gasteiger partial charge in [-0.15, -0.1) is 0 Å². The van der Waals surface area contributed by atoms with E-state index < -0.39 is 6.10 Å². The van der Waals surface area contributed by atoms with Gasteiger partial charge in [0.05, 0.1) is 7.11 Å². The van der Waals surface area contributed by atoms with Crippen LogP contribution >= 0.6 is 0 Å². The molecule has 2 rings (SSSR count). The van der Waals surface area contributed by atoms with E-state index in [0.717, 1.165) is 31.4 Å². The van der Waals surface area contributed by atoms with Gasteiger partial charge in [0.1, 0.15) is 18.5 Å². The van der Waals surface area contributed by atoms with Gasteiger partial charge in [0, 0.05) is 19.0 Å². The largest absolute Gasteiger partial charge is 0.491 e. The molecule has 0 saturated carbocycles. The average Bonchev–Trinajstić information content (AvgIpc) is 2.82. The number of unbranched alkanes of at least 4 members (excludes halogenated alkanes) is 2. The van der Waals surface area contributed by atoms with E-state index in [1.165, 1.54) is 23.8 Å². The maximum absolute atomic E-state index is 11.1. The van der Waals surface area contributed by atoms with E-state index in [-0.39, 0.29) is 18.6 Å². The van der Waals surface area contributed by atoms with Gasteiger partial charge in [-0.05, 0) is 68.4 Å². The maximum atomic E-state index is 11.1. The van der Waals surface area contributed by atoms with Crippen LogP contribution in [-0.2, 0) is 16.0 Å². The van der Waals surface area contributed by atoms with Crippen molar-refractivity contribution in [1.82, 2.24) is 5.32 Å². The summed E-state index contributed by atoms with van der Waals surface area (Å²) in [5, 5.41) is 13.5. The number of methoxy groups -OCH3 is 1. The number of nitrogens with one attached hydrogen (secondary N) is 1. The van der Waals surface area contributed by atoms with Crippen LogP contribution in [0.1, 0.15) is 50.7 Å². The first-order chi connectivity index (χ1) is 15.5. The Morgan fingerprint density at radius 2 is 1.81 bits per heavy atom. The summed E-state index contributed by atoms with van der Waals surface area (Å²) < 4.78 is 10.3. The Hall–Kier alpha value is -2.63. The van der Waals surface area contributed by atoms with Crippen LogP contribution in [0.4, 0.5) is 0 Å². The van der Waals surface area contributed by atoms with Crippen molar-refractivity contribution in [1.29, 1.82) is 0 Å². The number of allylic oxidation sites excluding steroid dienone is 2. The smallest absolute Gasteiger partial charge is 0.305 e. The maximum Gasteiger partial charge on any atom is 0.305 e. The van der Waals surface area contributed by atoms with Crippen LogP contribution in [0.25, 0.3) is 5.57 Å². The van der Waals surface area contributed by atoms with Gasteiger partial charge in [0.15, 0.2) is 0 Å². The van der Waals surface area contributed by atoms with Crippen LogP contribution in [0.5, 0.6) is 5.75 Å². The Kier molecular flexibility index (Phi) is 11.6. The fraction of sp³-hybridized carbons (Fsp3) is 0.444. The lowest BCUT2D eigenvalue weighted by molar-refractivity contribution is -0.140. The summed E-state index contributed by atoms with van der Waals surface area (Å²) in [7, 11) is 1.43. The highest BCUT2D eigenvalue weighted by Crippen LogP contribution is 2.17. The van der Waals surface area contributed by atoms with Gasteiger partial charge in [0.25, 0.3) is 0 Å². The van der Waals surface area contributed by atoms with Gasteiger partial charge >= 0.3 is 5.97 Å². The monoisotopic (exact) mass is 439 g/mol. The van der Waals surface area contributed by atoms with Gasteiger partial charge in [-0.2, -0.15) is 0 Å². The van der Waals surface area contributed by atoms with Crippen molar-refractivity contribution in [2.75, 3.05) is 20.3 Å². The summed E-state index contributed by atoms with van der Waals surface area (Å²) in [6.07, 6.45) is 5.85. The molecule has 0 aliphatic carbocycles. The van der Waals surface area contributed by atoms with E-state index >= 15 is 0 Å². The lowest BCUT2D eigenvalue weighted by Crippen LogP contribution is -2.37. The molecule has 32 heavy (non-hydrogen) atoms. The summed E-state index contributed by atoms with van der Waals surface area (Å²) in [6, 6.07) is 18.4. The lowest BCUT2D eigenvalue weighted by atomic mass is 10.0. The minimum atomic E-state index is -0.555. The second-order valence-corrected chi connectivity index (χ2v) is 8.20. The fourth-order valence-electron chi connectivity index (χ4n) is 3.39. The minimum absolute atomic E-state index is 0.139. The van der Waals surface area contributed by atoms with E-state index in [4.69, 9.17) is 4.74 Å². The van der Waals surface area contributed by atoms with Gasteiger partial charge in [0.2, 0.25) is 0 Å². The Labute approximate surface area is 192 Å². The lowest BCUT2D eigenvalue weighted by Gasteiger charge is -2.18. The van der Waals surface area contributed by atoms with E-state index in [1.54, 1.807) is 0 Å². The van der Waals surface area contributed by atoms with Crippen molar-refractivity contribution in [2.45, 2.75) is 58.1 Å². The second kappa shape index (κ2) is 14.4. The number of hydrogen-bond donors (Lipinski definition) is 2. The molecular formula is C27H37NO4. The van der Waals surface area contributed by atoms with Crippen LogP contribution < -0.4 is 10.1 Å². The van der Waals surface area contributed by atoms with Crippen molar-refractivity contribution in [3.63, 3.8) is 0 Å². The Bertz CT molecular complexity index is 817. The molecule has 2 N–H and O–H groups in total. The number of ether oxygens (including phenoxy) is 2. The number of carbonyl (C=O) groups is 1. The topological polar surface area (TPSA) is 67.8 Å². The van der Waals surface area contributed by atoms with E-state index in [1.807, 2.05) is 30.3 Å². The number of esters is 1. The summed E-state index contributed by atoms with van der Waals surface area (Å²) in [4.78, 5) is 11.1. The molecule has 2 atom stereocenters. The summed E-state index contributed by atoms with van der Waals surface area (Å²) in [5.41, 5.74) is 3.73. The van der Waals surface area contributed by atoms with Crippen LogP contribution in [0.3, 0.4) is 0 Å². The number of aliphatic hydroxyl groups excluding tert-OH is 1. The first kappa shape index (κ1) is 25.6. The molecule has 0 aliphatic rings. The van der Waals surface area contributed by atoms with Crippen LogP contribution in [0.15, 0.2) is 60.7 Å². The number of carbonyl (C=O) groups excluding carboxylic acids is 1. The predicted molar refractivity (Wildman–Crippen MR) is 130 cm³/mol. The number of benzene rings is 2. The third-order valence-corrected chi connectivity index (χ3v) is 5.35. The molecule has 0 unspecified atom stereocenters. The molecular weight excluding hydrogens is 402 g/mol. The molecule has 2 aromatic rings. The van der Waals surface area contributed by atoms with Crippen LogP contribution in [0, 0.1) is 0 Å². The number of hydrogen-bond acceptors (Lipinski definition) is 5. The normalized spacial score (nSPS) is 13.4. The molecule has 0 spiro atoms. The molecule has 5 nitrogen and oxygen atoms in total. The first-order valence-electron chi connectivity index (χ1n) is 11.4. The minimum Gasteiger partial charge on any atom is -0.491 e. The molecule has 0 radical (unpaired) electrons. The summed E-state index contributed by atoms with van der Waals surface area (Å²) >= 11 is 0.